The van der Waals surface area contributed by atoms with Crippen LogP contribution >= 0.6 is 12.6 Å². The van der Waals surface area contributed by atoms with Crippen LogP contribution in [0.2, 0.25) is 0 Å². The van der Waals surface area contributed by atoms with Crippen molar-refractivity contribution in [2.75, 3.05) is 13.1 Å². The Morgan fingerprint density at radius 2 is 1.96 bits per heavy atom. The first-order chi connectivity index (χ1) is 12.5. The molecule has 2 rings (SSSR count). The molecule has 1 aromatic heterocycles. The number of H-pyrrole nitrogens is 1. The van der Waals surface area contributed by atoms with Gasteiger partial charge in [-0.15, -0.1) is 0 Å². The Kier molecular flexibility index (Phi) is 8.04. The lowest BCUT2D eigenvalue weighted by Gasteiger charge is -2.31. The predicted octanol–water partition coefficient (Wildman–Crippen LogP) is 3.49. The summed E-state index contributed by atoms with van der Waals surface area (Å²) in [6.45, 7) is 6.23. The molecular formula is C20H29N3O2S. The van der Waals surface area contributed by atoms with Crippen molar-refractivity contribution in [1.82, 2.24) is 14.5 Å². The highest BCUT2D eigenvalue weighted by Gasteiger charge is 2.18. The second kappa shape index (κ2) is 10.3. The molecule has 1 N–H and O–H groups in total. The van der Waals surface area contributed by atoms with Crippen molar-refractivity contribution in [3.05, 3.63) is 68.5 Å². The molecule has 1 saturated heterocycles. The monoisotopic (exact) mass is 375 g/mol. The SMILES string of the molecule is CC(C)/C=C/C(=C\C=C/S)N1CCCC(n2ccc(=O)[nH]c2=O)CCC1. The maximum absolute atomic E-state index is 12.0. The molecule has 0 unspecified atom stereocenters. The maximum atomic E-state index is 12.0. The molecular weight excluding hydrogens is 346 g/mol. The van der Waals surface area contributed by atoms with Crippen LogP contribution in [0.1, 0.15) is 45.6 Å². The van der Waals surface area contributed by atoms with E-state index in [4.69, 9.17) is 0 Å². The van der Waals surface area contributed by atoms with Crippen molar-refractivity contribution in [3.63, 3.8) is 0 Å². The molecule has 0 atom stereocenters. The summed E-state index contributed by atoms with van der Waals surface area (Å²) in [5, 5.41) is 1.74. The second-order valence-electron chi connectivity index (χ2n) is 6.98. The fraction of sp³-hybridized carbons (Fsp3) is 0.500. The van der Waals surface area contributed by atoms with E-state index in [0.717, 1.165) is 38.8 Å². The van der Waals surface area contributed by atoms with Gasteiger partial charge in [0.25, 0.3) is 5.56 Å². The van der Waals surface area contributed by atoms with Gasteiger partial charge in [-0.2, -0.15) is 12.6 Å². The molecule has 5 nitrogen and oxygen atoms in total. The van der Waals surface area contributed by atoms with Crippen LogP contribution in [-0.2, 0) is 0 Å². The highest BCUT2D eigenvalue weighted by atomic mass is 32.1. The van der Waals surface area contributed by atoms with Gasteiger partial charge in [-0.25, -0.2) is 4.79 Å². The average Bonchev–Trinajstić information content (AvgIpc) is 2.56. The van der Waals surface area contributed by atoms with Gasteiger partial charge in [0.1, 0.15) is 0 Å². The smallest absolute Gasteiger partial charge is 0.328 e. The van der Waals surface area contributed by atoms with Crippen molar-refractivity contribution in [2.45, 2.75) is 45.6 Å². The van der Waals surface area contributed by atoms with E-state index in [2.05, 4.69) is 54.6 Å². The van der Waals surface area contributed by atoms with Crippen molar-refractivity contribution >= 4 is 12.6 Å². The van der Waals surface area contributed by atoms with Gasteiger partial charge in [-0.1, -0.05) is 26.0 Å². The van der Waals surface area contributed by atoms with Crippen molar-refractivity contribution < 1.29 is 0 Å². The molecule has 0 amide bonds. The van der Waals surface area contributed by atoms with Crippen molar-refractivity contribution in [3.8, 4) is 0 Å². The summed E-state index contributed by atoms with van der Waals surface area (Å²) >= 11 is 4.15. The lowest BCUT2D eigenvalue weighted by atomic mass is 10.0. The van der Waals surface area contributed by atoms with Crippen LogP contribution in [0, 0.1) is 5.92 Å². The van der Waals surface area contributed by atoms with E-state index in [1.54, 1.807) is 16.2 Å². The summed E-state index contributed by atoms with van der Waals surface area (Å²) in [6.07, 6.45) is 13.9. The Labute approximate surface area is 160 Å². The Hall–Kier alpha value is -1.95. The first kappa shape index (κ1) is 20.4. The van der Waals surface area contributed by atoms with Gasteiger partial charge < -0.3 is 4.90 Å². The molecule has 142 valence electrons. The maximum Gasteiger partial charge on any atom is 0.328 e. The van der Waals surface area contributed by atoms with Gasteiger partial charge in [0.2, 0.25) is 0 Å². The zero-order valence-electron chi connectivity index (χ0n) is 15.6. The summed E-state index contributed by atoms with van der Waals surface area (Å²) in [7, 11) is 0. The molecule has 1 aromatic rings. The van der Waals surface area contributed by atoms with Crippen LogP contribution in [-0.4, -0.2) is 27.5 Å². The Bertz CT molecular complexity index is 764. The second-order valence-corrected chi connectivity index (χ2v) is 7.28. The Morgan fingerprint density at radius 3 is 2.54 bits per heavy atom. The molecule has 6 heteroatoms. The largest absolute Gasteiger partial charge is 0.372 e. The van der Waals surface area contributed by atoms with Gasteiger partial charge in [0.05, 0.1) is 0 Å². The lowest BCUT2D eigenvalue weighted by Crippen LogP contribution is -2.34. The number of allylic oxidation sites excluding steroid dienone is 4. The summed E-state index contributed by atoms with van der Waals surface area (Å²) in [5.41, 5.74) is 0.551. The standard InChI is InChI=1S/C20H29N3O2S/c1-16(2)9-10-17(8-5-15-26)22-12-3-6-18(7-4-13-22)23-14-11-19(24)21-20(23)25/h5,8-11,14-16,18,26H,3-4,6-7,12-13H2,1-2H3,(H,21,24,25)/b10-9+,15-5-,17-8+. The number of likely N-dealkylation sites (tertiary alicyclic amines) is 1. The first-order valence-electron chi connectivity index (χ1n) is 9.27. The number of nitrogens with one attached hydrogen (secondary N) is 1. The van der Waals surface area contributed by atoms with Crippen LogP contribution in [0.25, 0.3) is 0 Å². The minimum absolute atomic E-state index is 0.150. The molecule has 0 bridgehead atoms. The van der Waals surface area contributed by atoms with E-state index in [1.807, 2.05) is 6.08 Å². The van der Waals surface area contributed by atoms with Gasteiger partial charge >= 0.3 is 5.69 Å². The highest BCUT2D eigenvalue weighted by Crippen LogP contribution is 2.23. The molecule has 26 heavy (non-hydrogen) atoms. The first-order valence-corrected chi connectivity index (χ1v) is 9.78. The summed E-state index contributed by atoms with van der Waals surface area (Å²) < 4.78 is 1.68. The fourth-order valence-electron chi connectivity index (χ4n) is 3.24. The number of rotatable bonds is 5. The minimum atomic E-state index is -0.341. The average molecular weight is 376 g/mol. The van der Waals surface area contributed by atoms with Crippen LogP contribution in [0.4, 0.5) is 0 Å². The zero-order valence-corrected chi connectivity index (χ0v) is 16.5. The van der Waals surface area contributed by atoms with Crippen molar-refractivity contribution in [1.29, 1.82) is 0 Å². The van der Waals surface area contributed by atoms with Gasteiger partial charge in [-0.3, -0.25) is 14.3 Å². The van der Waals surface area contributed by atoms with E-state index in [9.17, 15) is 9.59 Å². The molecule has 1 aliphatic heterocycles. The van der Waals surface area contributed by atoms with Crippen molar-refractivity contribution in [2.24, 2.45) is 5.92 Å². The quantitative estimate of drug-likeness (QED) is 0.612. The number of aromatic amines is 1. The predicted molar refractivity (Wildman–Crippen MR) is 111 cm³/mol. The molecule has 1 fully saturated rings. The number of hydrogen-bond donors (Lipinski definition) is 2. The Balaban J connectivity index is 2.08. The van der Waals surface area contributed by atoms with Gasteiger partial charge in [0, 0.05) is 37.1 Å². The van der Waals surface area contributed by atoms with Gasteiger partial charge in [0.15, 0.2) is 0 Å². The number of hydrogen-bond acceptors (Lipinski definition) is 4. The van der Waals surface area contributed by atoms with E-state index < -0.39 is 0 Å². The third-order valence-electron chi connectivity index (χ3n) is 4.55. The molecule has 2 heterocycles. The fourth-order valence-corrected chi connectivity index (χ4v) is 3.33. The van der Waals surface area contributed by atoms with E-state index >= 15 is 0 Å². The number of thiol groups is 1. The van der Waals surface area contributed by atoms with E-state index in [1.165, 1.54) is 11.8 Å². The zero-order chi connectivity index (χ0) is 18.9. The third kappa shape index (κ3) is 6.09. The number of aromatic nitrogens is 2. The minimum Gasteiger partial charge on any atom is -0.372 e. The topological polar surface area (TPSA) is 58.1 Å². The normalized spacial score (nSPS) is 18.0. The summed E-state index contributed by atoms with van der Waals surface area (Å²) in [6, 6.07) is 1.57. The van der Waals surface area contributed by atoms with E-state index in [0.29, 0.717) is 5.92 Å². The van der Waals surface area contributed by atoms with Crippen LogP contribution in [0.5, 0.6) is 0 Å². The molecule has 0 aliphatic carbocycles. The molecule has 0 radical (unpaired) electrons. The number of nitrogens with zero attached hydrogens (tertiary/aromatic N) is 2. The molecule has 0 saturated carbocycles. The van der Waals surface area contributed by atoms with Crippen LogP contribution in [0.3, 0.4) is 0 Å². The Morgan fingerprint density at radius 1 is 1.27 bits per heavy atom. The summed E-state index contributed by atoms with van der Waals surface area (Å²) in [4.78, 5) is 28.1. The van der Waals surface area contributed by atoms with E-state index in [-0.39, 0.29) is 17.3 Å². The lowest BCUT2D eigenvalue weighted by molar-refractivity contribution is 0.271. The summed E-state index contributed by atoms with van der Waals surface area (Å²) in [5.74, 6) is 0.504. The molecule has 0 spiro atoms. The van der Waals surface area contributed by atoms with Gasteiger partial charge in [-0.05, 0) is 49.2 Å². The van der Waals surface area contributed by atoms with Crippen LogP contribution < -0.4 is 11.2 Å². The molecule has 0 aromatic carbocycles. The third-order valence-corrected chi connectivity index (χ3v) is 4.72. The van der Waals surface area contributed by atoms with Crippen LogP contribution in [0.15, 0.2) is 57.3 Å². The highest BCUT2D eigenvalue weighted by molar-refractivity contribution is 7.83. The molecule has 1 aliphatic rings.